The molecule has 3 rings (SSSR count). The van der Waals surface area contributed by atoms with Crippen molar-refractivity contribution in [1.29, 1.82) is 0 Å². The third kappa shape index (κ3) is 4.01. The van der Waals surface area contributed by atoms with Crippen LogP contribution in [0.5, 0.6) is 5.75 Å². The van der Waals surface area contributed by atoms with E-state index in [1.807, 2.05) is 0 Å². The van der Waals surface area contributed by atoms with Crippen LogP contribution in [0.1, 0.15) is 36.8 Å². The molecule has 2 nitrogen and oxygen atoms in total. The number of hydrogen-bond acceptors (Lipinski definition) is 2. The van der Waals surface area contributed by atoms with Crippen LogP contribution in [-0.4, -0.2) is 6.10 Å². The topological polar surface area (TPSA) is 21.3 Å². The molecule has 2 heteroatoms. The number of rotatable bonds is 5. The molecule has 0 unspecified atom stereocenters. The normalized spacial score (nSPS) is 15.1. The molecule has 0 aliphatic heterocycles. The summed E-state index contributed by atoms with van der Waals surface area (Å²) >= 11 is 0. The molecule has 0 saturated heterocycles. The first-order valence-corrected chi connectivity index (χ1v) is 7.86. The Hall–Kier alpha value is -1.96. The van der Waals surface area contributed by atoms with Crippen molar-refractivity contribution in [2.24, 2.45) is 0 Å². The van der Waals surface area contributed by atoms with Crippen molar-refractivity contribution in [2.45, 2.75) is 45.3 Å². The van der Waals surface area contributed by atoms with Gasteiger partial charge in [0.15, 0.2) is 0 Å². The van der Waals surface area contributed by atoms with Crippen molar-refractivity contribution >= 4 is 5.69 Å². The Kier molecular flexibility index (Phi) is 4.44. The molecule has 0 bridgehead atoms. The Balaban J connectivity index is 1.52. The zero-order chi connectivity index (χ0) is 14.5. The van der Waals surface area contributed by atoms with Gasteiger partial charge in [0.25, 0.3) is 0 Å². The third-order valence-corrected chi connectivity index (χ3v) is 4.08. The third-order valence-electron chi connectivity index (χ3n) is 4.08. The van der Waals surface area contributed by atoms with Crippen LogP contribution >= 0.6 is 0 Å². The second kappa shape index (κ2) is 6.66. The standard InChI is InChI=1S/C19H23NO/c1-15-6-10-17(11-7-15)20-14-16-8-12-19(13-9-16)21-18-4-2-3-5-18/h6-13,18,20H,2-5,14H2,1H3. The molecule has 2 aromatic rings. The van der Waals surface area contributed by atoms with E-state index in [1.165, 1.54) is 36.8 Å². The molecule has 1 N–H and O–H groups in total. The average Bonchev–Trinajstić information content (AvgIpc) is 3.01. The lowest BCUT2D eigenvalue weighted by atomic mass is 10.2. The zero-order valence-corrected chi connectivity index (χ0v) is 12.6. The van der Waals surface area contributed by atoms with Gasteiger partial charge in [-0.3, -0.25) is 0 Å². The molecule has 0 amide bonds. The molecule has 21 heavy (non-hydrogen) atoms. The van der Waals surface area contributed by atoms with Crippen molar-refractivity contribution < 1.29 is 4.74 Å². The molecule has 0 spiro atoms. The summed E-state index contributed by atoms with van der Waals surface area (Å²) in [7, 11) is 0. The highest BCUT2D eigenvalue weighted by Gasteiger charge is 2.16. The molecule has 0 heterocycles. The number of benzene rings is 2. The smallest absolute Gasteiger partial charge is 0.119 e. The van der Waals surface area contributed by atoms with Crippen LogP contribution in [0.3, 0.4) is 0 Å². The van der Waals surface area contributed by atoms with Crippen LogP contribution in [0.2, 0.25) is 0 Å². The maximum absolute atomic E-state index is 5.99. The van der Waals surface area contributed by atoms with Crippen LogP contribution in [0, 0.1) is 6.92 Å². The molecular formula is C19H23NO. The maximum atomic E-state index is 5.99. The molecule has 0 aromatic heterocycles. The zero-order valence-electron chi connectivity index (χ0n) is 12.6. The first-order chi connectivity index (χ1) is 10.3. The van der Waals surface area contributed by atoms with Gasteiger partial charge >= 0.3 is 0 Å². The predicted molar refractivity (Wildman–Crippen MR) is 87.8 cm³/mol. The molecular weight excluding hydrogens is 258 g/mol. The molecule has 1 fully saturated rings. The monoisotopic (exact) mass is 281 g/mol. The first kappa shape index (κ1) is 14.0. The van der Waals surface area contributed by atoms with E-state index in [0.29, 0.717) is 6.10 Å². The van der Waals surface area contributed by atoms with Crippen molar-refractivity contribution in [1.82, 2.24) is 0 Å². The Morgan fingerprint density at radius 3 is 2.29 bits per heavy atom. The fourth-order valence-electron chi connectivity index (χ4n) is 2.76. The summed E-state index contributed by atoms with van der Waals surface area (Å²) in [5.74, 6) is 1.00. The summed E-state index contributed by atoms with van der Waals surface area (Å²) in [6.45, 7) is 2.94. The molecule has 1 saturated carbocycles. The Morgan fingerprint density at radius 1 is 0.952 bits per heavy atom. The van der Waals surface area contributed by atoms with Gasteiger partial charge in [-0.15, -0.1) is 0 Å². The summed E-state index contributed by atoms with van der Waals surface area (Å²) < 4.78 is 5.99. The Morgan fingerprint density at radius 2 is 1.62 bits per heavy atom. The lowest BCUT2D eigenvalue weighted by Crippen LogP contribution is -2.10. The minimum Gasteiger partial charge on any atom is -0.490 e. The molecule has 1 aliphatic rings. The van der Waals surface area contributed by atoms with Crippen LogP contribution in [0.25, 0.3) is 0 Å². The molecule has 0 atom stereocenters. The molecule has 2 aromatic carbocycles. The largest absolute Gasteiger partial charge is 0.490 e. The van der Waals surface area contributed by atoms with Gasteiger partial charge < -0.3 is 10.1 Å². The van der Waals surface area contributed by atoms with Crippen LogP contribution in [-0.2, 0) is 6.54 Å². The summed E-state index contributed by atoms with van der Waals surface area (Å²) in [4.78, 5) is 0. The minimum atomic E-state index is 0.432. The lowest BCUT2D eigenvalue weighted by Gasteiger charge is -2.13. The summed E-state index contributed by atoms with van der Waals surface area (Å²) in [5.41, 5.74) is 3.72. The second-order valence-corrected chi connectivity index (χ2v) is 5.89. The van der Waals surface area contributed by atoms with E-state index in [0.717, 1.165) is 18.0 Å². The van der Waals surface area contributed by atoms with E-state index in [1.54, 1.807) is 0 Å². The van der Waals surface area contributed by atoms with Gasteiger partial charge in [-0.1, -0.05) is 29.8 Å². The Bertz CT molecular complexity index is 553. The Labute approximate surface area is 127 Å². The maximum Gasteiger partial charge on any atom is 0.119 e. The number of aryl methyl sites for hydroxylation is 1. The summed E-state index contributed by atoms with van der Waals surface area (Å²) in [6.07, 6.45) is 5.46. The molecule has 1 aliphatic carbocycles. The second-order valence-electron chi connectivity index (χ2n) is 5.89. The van der Waals surface area contributed by atoms with Crippen molar-refractivity contribution in [3.8, 4) is 5.75 Å². The van der Waals surface area contributed by atoms with E-state index in [9.17, 15) is 0 Å². The van der Waals surface area contributed by atoms with Gasteiger partial charge in [-0.05, 0) is 62.4 Å². The van der Waals surface area contributed by atoms with Crippen LogP contribution < -0.4 is 10.1 Å². The van der Waals surface area contributed by atoms with Gasteiger partial charge in [0.2, 0.25) is 0 Å². The van der Waals surface area contributed by atoms with Gasteiger partial charge in [-0.25, -0.2) is 0 Å². The van der Waals surface area contributed by atoms with Crippen molar-refractivity contribution in [3.05, 3.63) is 59.7 Å². The highest BCUT2D eigenvalue weighted by atomic mass is 16.5. The highest BCUT2D eigenvalue weighted by molar-refractivity contribution is 5.45. The van der Waals surface area contributed by atoms with E-state index < -0.39 is 0 Å². The van der Waals surface area contributed by atoms with Gasteiger partial charge in [0.1, 0.15) is 5.75 Å². The first-order valence-electron chi connectivity index (χ1n) is 7.86. The SMILES string of the molecule is Cc1ccc(NCc2ccc(OC3CCCC3)cc2)cc1. The number of anilines is 1. The van der Waals surface area contributed by atoms with E-state index >= 15 is 0 Å². The number of nitrogens with one attached hydrogen (secondary N) is 1. The van der Waals surface area contributed by atoms with Crippen LogP contribution in [0.15, 0.2) is 48.5 Å². The molecule has 110 valence electrons. The minimum absolute atomic E-state index is 0.432. The van der Waals surface area contributed by atoms with Gasteiger partial charge in [0.05, 0.1) is 6.10 Å². The molecule has 0 radical (unpaired) electrons. The van der Waals surface area contributed by atoms with Crippen molar-refractivity contribution in [3.63, 3.8) is 0 Å². The quantitative estimate of drug-likeness (QED) is 0.839. The van der Waals surface area contributed by atoms with Crippen molar-refractivity contribution in [2.75, 3.05) is 5.32 Å². The highest BCUT2D eigenvalue weighted by Crippen LogP contribution is 2.24. The van der Waals surface area contributed by atoms with Gasteiger partial charge in [-0.2, -0.15) is 0 Å². The number of hydrogen-bond donors (Lipinski definition) is 1. The lowest BCUT2D eigenvalue weighted by molar-refractivity contribution is 0.210. The van der Waals surface area contributed by atoms with E-state index in [-0.39, 0.29) is 0 Å². The average molecular weight is 281 g/mol. The fraction of sp³-hybridized carbons (Fsp3) is 0.368. The van der Waals surface area contributed by atoms with E-state index in [2.05, 4.69) is 60.8 Å². The summed E-state index contributed by atoms with van der Waals surface area (Å²) in [6, 6.07) is 17.0. The van der Waals surface area contributed by atoms with E-state index in [4.69, 9.17) is 4.74 Å². The fourth-order valence-corrected chi connectivity index (χ4v) is 2.76. The van der Waals surface area contributed by atoms with Crippen LogP contribution in [0.4, 0.5) is 5.69 Å². The predicted octanol–water partition coefficient (Wildman–Crippen LogP) is 4.93. The number of ether oxygens (including phenoxy) is 1. The van der Waals surface area contributed by atoms with Gasteiger partial charge in [0, 0.05) is 12.2 Å². The summed E-state index contributed by atoms with van der Waals surface area (Å²) in [5, 5.41) is 3.44.